The first kappa shape index (κ1) is 13.3. The molecule has 2 bridgehead atoms. The minimum absolute atomic E-state index is 0.510. The van der Waals surface area contributed by atoms with Gasteiger partial charge in [0.25, 0.3) is 0 Å². The van der Waals surface area contributed by atoms with Gasteiger partial charge in [-0.05, 0) is 49.1 Å². The minimum Gasteiger partial charge on any atom is -0.374 e. The summed E-state index contributed by atoms with van der Waals surface area (Å²) in [4.78, 5) is 2.36. The van der Waals surface area contributed by atoms with Crippen molar-refractivity contribution in [3.8, 4) is 0 Å². The second-order valence-electron chi connectivity index (χ2n) is 6.26. The van der Waals surface area contributed by atoms with Crippen molar-refractivity contribution in [1.29, 1.82) is 0 Å². The highest BCUT2D eigenvalue weighted by Gasteiger charge is 2.39. The molecule has 1 aromatic carbocycles. The van der Waals surface area contributed by atoms with Gasteiger partial charge in [-0.25, -0.2) is 0 Å². The van der Waals surface area contributed by atoms with Crippen LogP contribution < -0.4 is 10.6 Å². The lowest BCUT2D eigenvalue weighted by molar-refractivity contribution is 0.337. The monoisotopic (exact) mass is 278 g/mol. The van der Waals surface area contributed by atoms with E-state index in [9.17, 15) is 0 Å². The standard InChI is InChI=1S/C16H23ClN2/c1-19(10-13-8-11-5-6-12(13)7-11)16-4-2-3-15(17)14(16)9-18/h2-4,11-13H,5-10,18H2,1H3. The molecule has 2 saturated carbocycles. The Balaban J connectivity index is 1.73. The number of rotatable bonds is 4. The van der Waals surface area contributed by atoms with Gasteiger partial charge in [-0.15, -0.1) is 0 Å². The van der Waals surface area contributed by atoms with E-state index in [1.54, 1.807) is 0 Å². The summed E-state index contributed by atoms with van der Waals surface area (Å²) in [5.41, 5.74) is 8.13. The smallest absolute Gasteiger partial charge is 0.0471 e. The fourth-order valence-corrected chi connectivity index (χ4v) is 4.40. The Morgan fingerprint density at radius 1 is 1.32 bits per heavy atom. The molecule has 2 aliphatic rings. The first-order chi connectivity index (χ1) is 9.19. The van der Waals surface area contributed by atoms with Gasteiger partial charge in [0.15, 0.2) is 0 Å². The summed E-state index contributed by atoms with van der Waals surface area (Å²) in [6.07, 6.45) is 5.81. The topological polar surface area (TPSA) is 29.3 Å². The molecule has 3 atom stereocenters. The molecule has 2 nitrogen and oxygen atoms in total. The van der Waals surface area contributed by atoms with Gasteiger partial charge < -0.3 is 10.6 Å². The first-order valence-electron chi connectivity index (χ1n) is 7.37. The number of benzene rings is 1. The largest absolute Gasteiger partial charge is 0.374 e. The summed E-state index contributed by atoms with van der Waals surface area (Å²) >= 11 is 6.25. The second kappa shape index (κ2) is 5.34. The second-order valence-corrected chi connectivity index (χ2v) is 6.66. The predicted molar refractivity (Wildman–Crippen MR) is 81.6 cm³/mol. The van der Waals surface area contributed by atoms with E-state index in [0.717, 1.165) is 34.9 Å². The molecule has 104 valence electrons. The fourth-order valence-electron chi connectivity index (χ4n) is 4.16. The minimum atomic E-state index is 0.510. The van der Waals surface area contributed by atoms with Crippen molar-refractivity contribution in [3.63, 3.8) is 0 Å². The van der Waals surface area contributed by atoms with Crippen LogP contribution >= 0.6 is 11.6 Å². The van der Waals surface area contributed by atoms with E-state index in [1.807, 2.05) is 12.1 Å². The van der Waals surface area contributed by atoms with Gasteiger partial charge in [0.1, 0.15) is 0 Å². The molecule has 2 fully saturated rings. The van der Waals surface area contributed by atoms with E-state index in [4.69, 9.17) is 17.3 Å². The normalized spacial score (nSPS) is 28.9. The van der Waals surface area contributed by atoms with Crippen LogP contribution in [0.25, 0.3) is 0 Å². The van der Waals surface area contributed by atoms with Crippen LogP contribution in [0, 0.1) is 17.8 Å². The molecule has 2 aliphatic carbocycles. The van der Waals surface area contributed by atoms with E-state index in [1.165, 1.54) is 31.4 Å². The molecular formula is C16H23ClN2. The van der Waals surface area contributed by atoms with Gasteiger partial charge in [0.2, 0.25) is 0 Å². The number of halogens is 1. The molecule has 3 heteroatoms. The van der Waals surface area contributed by atoms with Crippen LogP contribution in [0.2, 0.25) is 5.02 Å². The zero-order chi connectivity index (χ0) is 13.4. The zero-order valence-electron chi connectivity index (χ0n) is 11.6. The van der Waals surface area contributed by atoms with Crippen LogP contribution in [0.3, 0.4) is 0 Å². The summed E-state index contributed by atoms with van der Waals surface area (Å²) in [6, 6.07) is 6.09. The lowest BCUT2D eigenvalue weighted by Crippen LogP contribution is -2.29. The quantitative estimate of drug-likeness (QED) is 0.910. The van der Waals surface area contributed by atoms with E-state index in [-0.39, 0.29) is 0 Å². The third-order valence-electron chi connectivity index (χ3n) is 5.10. The number of hydrogen-bond acceptors (Lipinski definition) is 2. The van der Waals surface area contributed by atoms with Crippen molar-refractivity contribution >= 4 is 17.3 Å². The Bertz CT molecular complexity index is 460. The molecule has 0 saturated heterocycles. The average molecular weight is 279 g/mol. The maximum absolute atomic E-state index is 6.25. The van der Waals surface area contributed by atoms with E-state index in [2.05, 4.69) is 18.0 Å². The third kappa shape index (κ3) is 2.48. The summed E-state index contributed by atoms with van der Waals surface area (Å²) < 4.78 is 0. The summed E-state index contributed by atoms with van der Waals surface area (Å²) in [7, 11) is 2.18. The SMILES string of the molecule is CN(CC1CC2CCC1C2)c1cccc(Cl)c1CN. The number of hydrogen-bond donors (Lipinski definition) is 1. The van der Waals surface area contributed by atoms with Gasteiger partial charge in [0.05, 0.1) is 0 Å². The third-order valence-corrected chi connectivity index (χ3v) is 5.46. The Morgan fingerprint density at radius 3 is 2.79 bits per heavy atom. The molecule has 0 spiro atoms. The zero-order valence-corrected chi connectivity index (χ0v) is 12.4. The van der Waals surface area contributed by atoms with Crippen LogP contribution in [-0.2, 0) is 6.54 Å². The van der Waals surface area contributed by atoms with Crippen LogP contribution in [-0.4, -0.2) is 13.6 Å². The van der Waals surface area contributed by atoms with Gasteiger partial charge in [0, 0.05) is 36.4 Å². The molecule has 0 amide bonds. The average Bonchev–Trinajstić information content (AvgIpc) is 3.00. The summed E-state index contributed by atoms with van der Waals surface area (Å²) in [5, 5.41) is 0.791. The highest BCUT2D eigenvalue weighted by atomic mass is 35.5. The van der Waals surface area contributed by atoms with Crippen LogP contribution in [0.1, 0.15) is 31.2 Å². The Labute approximate surface area is 120 Å². The number of nitrogens with two attached hydrogens (primary N) is 1. The summed E-state index contributed by atoms with van der Waals surface area (Å²) in [6.45, 7) is 1.66. The molecule has 0 aromatic heterocycles. The van der Waals surface area contributed by atoms with E-state index >= 15 is 0 Å². The van der Waals surface area contributed by atoms with Crippen molar-refractivity contribution in [2.45, 2.75) is 32.2 Å². The molecule has 2 N–H and O–H groups in total. The maximum atomic E-state index is 6.25. The van der Waals surface area contributed by atoms with Crippen molar-refractivity contribution < 1.29 is 0 Å². The van der Waals surface area contributed by atoms with E-state index in [0.29, 0.717) is 6.54 Å². The van der Waals surface area contributed by atoms with Gasteiger partial charge >= 0.3 is 0 Å². The van der Waals surface area contributed by atoms with E-state index < -0.39 is 0 Å². The number of fused-ring (bicyclic) bond motifs is 2. The van der Waals surface area contributed by atoms with Crippen molar-refractivity contribution in [1.82, 2.24) is 0 Å². The highest BCUT2D eigenvalue weighted by molar-refractivity contribution is 6.31. The van der Waals surface area contributed by atoms with Gasteiger partial charge in [-0.2, -0.15) is 0 Å². The van der Waals surface area contributed by atoms with Gasteiger partial charge in [-0.3, -0.25) is 0 Å². The number of nitrogens with zero attached hydrogens (tertiary/aromatic N) is 1. The summed E-state index contributed by atoms with van der Waals surface area (Å²) in [5.74, 6) is 2.85. The van der Waals surface area contributed by atoms with Crippen LogP contribution in [0.5, 0.6) is 0 Å². The molecule has 19 heavy (non-hydrogen) atoms. The lowest BCUT2D eigenvalue weighted by atomic mass is 9.88. The molecule has 0 aliphatic heterocycles. The molecule has 3 unspecified atom stereocenters. The highest BCUT2D eigenvalue weighted by Crippen LogP contribution is 2.48. The Hall–Kier alpha value is -0.730. The molecule has 0 heterocycles. The van der Waals surface area contributed by atoms with Crippen LogP contribution in [0.4, 0.5) is 5.69 Å². The van der Waals surface area contributed by atoms with Crippen molar-refractivity contribution in [2.24, 2.45) is 23.5 Å². The molecular weight excluding hydrogens is 256 g/mol. The van der Waals surface area contributed by atoms with Gasteiger partial charge in [-0.1, -0.05) is 24.1 Å². The van der Waals surface area contributed by atoms with Crippen molar-refractivity contribution in [2.75, 3.05) is 18.5 Å². The fraction of sp³-hybridized carbons (Fsp3) is 0.625. The Morgan fingerprint density at radius 2 is 2.16 bits per heavy atom. The lowest BCUT2D eigenvalue weighted by Gasteiger charge is -2.30. The molecule has 3 rings (SSSR count). The molecule has 0 radical (unpaired) electrons. The first-order valence-corrected chi connectivity index (χ1v) is 7.75. The number of anilines is 1. The van der Waals surface area contributed by atoms with Crippen molar-refractivity contribution in [3.05, 3.63) is 28.8 Å². The predicted octanol–water partition coefficient (Wildman–Crippen LogP) is 3.67. The Kier molecular flexibility index (Phi) is 3.72. The maximum Gasteiger partial charge on any atom is 0.0471 e. The van der Waals surface area contributed by atoms with Crippen LogP contribution in [0.15, 0.2) is 18.2 Å². The molecule has 1 aromatic rings.